The van der Waals surface area contributed by atoms with Crippen molar-refractivity contribution >= 4 is 33.1 Å². The number of Topliss-reactive ketones (excluding diaryl/α,β-unsaturated/α-hetero) is 2. The van der Waals surface area contributed by atoms with Crippen molar-refractivity contribution in [2.75, 3.05) is 0 Å². The number of fused-ring (bicyclic) bond motifs is 10. The molecule has 8 rings (SSSR count). The number of carbonyl (C=O) groups excluding carboxylic acids is 2. The maximum Gasteiger partial charge on any atom is 0.139 e. The summed E-state index contributed by atoms with van der Waals surface area (Å²) in [5.41, 5.74) is 5.88. The van der Waals surface area contributed by atoms with E-state index in [-0.39, 0.29) is 34.2 Å². The van der Waals surface area contributed by atoms with E-state index in [2.05, 4.69) is 38.1 Å². The standard InChI is InChI=1S/C36H34O4/c1-35-17-15-21-19-7-11-29(37)33(25(19)5-3-23(21)27(35)9-13-31(35)39)34-26-6-4-24-22(20(26)8-12-30(34)38)16-18-36(2)28(24)10-14-32(36)40/h3-8,11-12,27-28,37-38H,9-10,13-18H2,1-2H3/t27-,28-,35+,36+/m1/s1. The maximum atomic E-state index is 12.8. The van der Waals surface area contributed by atoms with Gasteiger partial charge in [-0.05, 0) is 106 Å². The molecule has 2 N–H and O–H groups in total. The first-order valence-electron chi connectivity index (χ1n) is 14.8. The van der Waals surface area contributed by atoms with Crippen LogP contribution >= 0.6 is 0 Å². The Bertz CT molecular complexity index is 1680. The number of phenols is 2. The van der Waals surface area contributed by atoms with Crippen LogP contribution in [0.5, 0.6) is 11.5 Å². The number of aromatic hydroxyl groups is 2. The SMILES string of the molecule is C[C@]12CCc3c(ccc4c(-c5c(O)ccc6c7c(ccc56)[C@H]5CCC(=O)[C@@]5(C)CC7)c(O)ccc34)[C@H]1CCC2=O. The molecule has 0 unspecified atom stereocenters. The number of rotatable bonds is 1. The number of hydrogen-bond acceptors (Lipinski definition) is 4. The van der Waals surface area contributed by atoms with Gasteiger partial charge in [-0.3, -0.25) is 9.59 Å². The Morgan fingerprint density at radius 3 is 1.40 bits per heavy atom. The lowest BCUT2D eigenvalue weighted by Crippen LogP contribution is -2.32. The van der Waals surface area contributed by atoms with E-state index in [4.69, 9.17) is 0 Å². The molecule has 0 aromatic heterocycles. The van der Waals surface area contributed by atoms with Gasteiger partial charge in [0.1, 0.15) is 23.1 Å². The van der Waals surface area contributed by atoms with Gasteiger partial charge in [-0.2, -0.15) is 0 Å². The first-order chi connectivity index (χ1) is 19.2. The second-order valence-electron chi connectivity index (χ2n) is 13.2. The third-order valence-electron chi connectivity index (χ3n) is 11.6. The summed E-state index contributed by atoms with van der Waals surface area (Å²) < 4.78 is 0. The van der Waals surface area contributed by atoms with Gasteiger partial charge in [0, 0.05) is 34.8 Å². The van der Waals surface area contributed by atoms with E-state index >= 15 is 0 Å². The van der Waals surface area contributed by atoms with Crippen LogP contribution in [0.25, 0.3) is 32.7 Å². The monoisotopic (exact) mass is 530 g/mol. The Hall–Kier alpha value is -3.66. The van der Waals surface area contributed by atoms with Crippen molar-refractivity contribution in [2.24, 2.45) is 10.8 Å². The van der Waals surface area contributed by atoms with Crippen molar-refractivity contribution in [3.63, 3.8) is 0 Å². The normalized spacial score (nSPS) is 28.9. The van der Waals surface area contributed by atoms with E-state index in [0.29, 0.717) is 35.5 Å². The van der Waals surface area contributed by atoms with Gasteiger partial charge in [0.25, 0.3) is 0 Å². The summed E-state index contributed by atoms with van der Waals surface area (Å²) in [4.78, 5) is 25.5. The molecule has 0 amide bonds. The van der Waals surface area contributed by atoms with Crippen molar-refractivity contribution in [3.8, 4) is 22.6 Å². The Morgan fingerprint density at radius 1 is 0.575 bits per heavy atom. The summed E-state index contributed by atoms with van der Waals surface area (Å²) in [6, 6.07) is 16.1. The van der Waals surface area contributed by atoms with Crippen molar-refractivity contribution in [2.45, 2.75) is 77.0 Å². The second-order valence-corrected chi connectivity index (χ2v) is 13.2. The highest BCUT2D eigenvalue weighted by Crippen LogP contribution is 2.57. The molecule has 0 heterocycles. The Labute approximate surface area is 234 Å². The van der Waals surface area contributed by atoms with Gasteiger partial charge in [0.05, 0.1) is 0 Å². The van der Waals surface area contributed by atoms with Gasteiger partial charge in [0.2, 0.25) is 0 Å². The molecule has 4 aliphatic rings. The van der Waals surface area contributed by atoms with Crippen molar-refractivity contribution in [1.29, 1.82) is 0 Å². The van der Waals surface area contributed by atoms with Crippen LogP contribution in [-0.2, 0) is 22.4 Å². The minimum Gasteiger partial charge on any atom is -0.507 e. The topological polar surface area (TPSA) is 74.6 Å². The number of aryl methyl sites for hydroxylation is 2. The van der Waals surface area contributed by atoms with Gasteiger partial charge < -0.3 is 10.2 Å². The van der Waals surface area contributed by atoms with Crippen LogP contribution in [0.3, 0.4) is 0 Å². The predicted octanol–water partition coefficient (Wildman–Crippen LogP) is 7.87. The van der Waals surface area contributed by atoms with Crippen LogP contribution < -0.4 is 0 Å². The molecule has 2 saturated carbocycles. The average molecular weight is 531 g/mol. The number of hydrogen-bond donors (Lipinski definition) is 2. The molecule has 202 valence electrons. The summed E-state index contributed by atoms with van der Waals surface area (Å²) in [5.74, 6) is 1.58. The molecule has 0 saturated heterocycles. The third kappa shape index (κ3) is 2.92. The van der Waals surface area contributed by atoms with Crippen molar-refractivity contribution in [3.05, 3.63) is 70.8 Å². The Morgan fingerprint density at radius 2 is 0.975 bits per heavy atom. The van der Waals surface area contributed by atoms with Crippen LogP contribution in [0, 0.1) is 10.8 Å². The number of carbonyl (C=O) groups is 2. The van der Waals surface area contributed by atoms with Gasteiger partial charge in [-0.15, -0.1) is 0 Å². The fourth-order valence-electron chi connectivity index (χ4n) is 9.23. The molecule has 4 aliphatic carbocycles. The van der Waals surface area contributed by atoms with E-state index in [1.54, 1.807) is 12.1 Å². The van der Waals surface area contributed by atoms with Gasteiger partial charge >= 0.3 is 0 Å². The average Bonchev–Trinajstić information content (AvgIpc) is 3.43. The van der Waals surface area contributed by atoms with Gasteiger partial charge in [-0.25, -0.2) is 0 Å². The third-order valence-corrected chi connectivity index (χ3v) is 11.6. The molecule has 4 aromatic carbocycles. The van der Waals surface area contributed by atoms with E-state index in [9.17, 15) is 19.8 Å². The Balaban J connectivity index is 1.35. The lowest BCUT2D eigenvalue weighted by Gasteiger charge is -2.37. The summed E-state index contributed by atoms with van der Waals surface area (Å²) in [6.45, 7) is 4.28. The van der Waals surface area contributed by atoms with E-state index in [1.165, 1.54) is 22.3 Å². The van der Waals surface area contributed by atoms with Crippen LogP contribution in [0.15, 0.2) is 48.5 Å². The van der Waals surface area contributed by atoms with Crippen molar-refractivity contribution in [1.82, 2.24) is 0 Å². The van der Waals surface area contributed by atoms with Crippen LogP contribution in [0.1, 0.15) is 86.5 Å². The largest absolute Gasteiger partial charge is 0.507 e. The van der Waals surface area contributed by atoms with E-state index in [1.807, 2.05) is 12.1 Å². The highest BCUT2D eigenvalue weighted by atomic mass is 16.3. The number of phenolic OH excluding ortho intramolecular Hbond substituents is 2. The molecule has 0 spiro atoms. The predicted molar refractivity (Wildman–Crippen MR) is 157 cm³/mol. The molecule has 0 radical (unpaired) electrons. The van der Waals surface area contributed by atoms with E-state index < -0.39 is 0 Å². The summed E-state index contributed by atoms with van der Waals surface area (Å²) in [5, 5.41) is 26.7. The summed E-state index contributed by atoms with van der Waals surface area (Å²) in [6.07, 6.45) is 6.50. The van der Waals surface area contributed by atoms with Crippen LogP contribution in [0.2, 0.25) is 0 Å². The van der Waals surface area contributed by atoms with Crippen molar-refractivity contribution < 1.29 is 19.8 Å². The molecular weight excluding hydrogens is 496 g/mol. The zero-order valence-electron chi connectivity index (χ0n) is 23.1. The highest BCUT2D eigenvalue weighted by Gasteiger charge is 2.50. The lowest BCUT2D eigenvalue weighted by molar-refractivity contribution is -0.126. The minimum atomic E-state index is -0.270. The smallest absolute Gasteiger partial charge is 0.139 e. The van der Waals surface area contributed by atoms with Gasteiger partial charge in [-0.1, -0.05) is 50.2 Å². The first-order valence-corrected chi connectivity index (χ1v) is 14.8. The molecule has 2 fully saturated rings. The quantitative estimate of drug-likeness (QED) is 0.263. The second kappa shape index (κ2) is 7.96. The molecule has 4 atom stereocenters. The molecule has 4 heteroatoms. The molecule has 0 aliphatic heterocycles. The molecular formula is C36H34O4. The Kier molecular flexibility index (Phi) is 4.81. The summed E-state index contributed by atoms with van der Waals surface area (Å²) >= 11 is 0. The van der Waals surface area contributed by atoms with Crippen LogP contribution in [-0.4, -0.2) is 21.8 Å². The fraction of sp³-hybridized carbons (Fsp3) is 0.389. The molecule has 0 bridgehead atoms. The number of benzene rings is 4. The van der Waals surface area contributed by atoms with E-state index in [0.717, 1.165) is 60.1 Å². The van der Waals surface area contributed by atoms with Crippen LogP contribution in [0.4, 0.5) is 0 Å². The molecule has 4 aromatic rings. The lowest BCUT2D eigenvalue weighted by atomic mass is 9.65. The zero-order chi connectivity index (χ0) is 27.6. The fourth-order valence-corrected chi connectivity index (χ4v) is 9.23. The number of ketones is 2. The highest BCUT2D eigenvalue weighted by molar-refractivity contribution is 6.11. The maximum absolute atomic E-state index is 12.8. The first kappa shape index (κ1) is 24.2. The minimum absolute atomic E-state index is 0.152. The summed E-state index contributed by atoms with van der Waals surface area (Å²) in [7, 11) is 0. The zero-order valence-corrected chi connectivity index (χ0v) is 23.1. The molecule has 40 heavy (non-hydrogen) atoms. The molecule has 4 nitrogen and oxygen atoms in total. The van der Waals surface area contributed by atoms with Gasteiger partial charge in [0.15, 0.2) is 0 Å².